The van der Waals surface area contributed by atoms with Crippen molar-refractivity contribution in [2.24, 2.45) is 0 Å². The number of aliphatic hydroxyl groups excluding tert-OH is 1. The summed E-state index contributed by atoms with van der Waals surface area (Å²) in [7, 11) is 3.31. The predicted octanol–water partition coefficient (Wildman–Crippen LogP) is 2.08. The number of hydrogen-bond acceptors (Lipinski definition) is 10. The molecule has 2 atom stereocenters. The van der Waals surface area contributed by atoms with E-state index in [1.165, 1.54) is 7.11 Å². The van der Waals surface area contributed by atoms with E-state index in [0.29, 0.717) is 30.7 Å². The van der Waals surface area contributed by atoms with E-state index in [0.717, 1.165) is 41.2 Å². The van der Waals surface area contributed by atoms with Crippen LogP contribution in [0.2, 0.25) is 0 Å². The van der Waals surface area contributed by atoms with Gasteiger partial charge >= 0.3 is 6.01 Å². The molecule has 3 heterocycles. The molecule has 0 saturated carbocycles. The van der Waals surface area contributed by atoms with E-state index < -0.39 is 6.10 Å². The summed E-state index contributed by atoms with van der Waals surface area (Å²) in [5, 5.41) is 16.4. The van der Waals surface area contributed by atoms with Crippen LogP contribution in [0.1, 0.15) is 12.0 Å². The van der Waals surface area contributed by atoms with Crippen LogP contribution in [0.3, 0.4) is 0 Å². The van der Waals surface area contributed by atoms with E-state index in [9.17, 15) is 5.11 Å². The number of aliphatic hydroxyl groups is 1. The fourth-order valence-corrected chi connectivity index (χ4v) is 3.66. The Morgan fingerprint density at radius 2 is 2.03 bits per heavy atom. The van der Waals surface area contributed by atoms with Gasteiger partial charge in [-0.1, -0.05) is 12.1 Å². The van der Waals surface area contributed by atoms with Gasteiger partial charge in [-0.15, -0.1) is 0 Å². The van der Waals surface area contributed by atoms with Gasteiger partial charge in [-0.2, -0.15) is 0 Å². The third-order valence-electron chi connectivity index (χ3n) is 5.47. The van der Waals surface area contributed by atoms with Gasteiger partial charge in [-0.25, -0.2) is 19.9 Å². The lowest BCUT2D eigenvalue weighted by Crippen LogP contribution is -2.29. The summed E-state index contributed by atoms with van der Waals surface area (Å²) in [5.41, 5.74) is 3.18. The lowest BCUT2D eigenvalue weighted by Gasteiger charge is -2.17. The fraction of sp³-hybridized carbons (Fsp3) is 0.417. The van der Waals surface area contributed by atoms with E-state index >= 15 is 0 Å². The quantitative estimate of drug-likeness (QED) is 0.409. The standard InChI is InChI=1S/C24H30N6O4/c1-15-21(17-10-26-24(32-3)27-11-17)29-23(30-22(15)28-18-7-8-33-13-18)16-5-4-6-20(9-16)34-14-19(31)12-25-2/h4-6,9-11,18-19,25,31H,7-8,12-14H2,1-3H3,(H,28,29,30). The van der Waals surface area contributed by atoms with Gasteiger partial charge in [0.05, 0.1) is 25.5 Å². The van der Waals surface area contributed by atoms with Crippen LogP contribution in [0, 0.1) is 6.92 Å². The third-order valence-corrected chi connectivity index (χ3v) is 5.47. The first-order valence-corrected chi connectivity index (χ1v) is 11.2. The smallest absolute Gasteiger partial charge is 0.316 e. The lowest BCUT2D eigenvalue weighted by molar-refractivity contribution is 0.108. The second-order valence-corrected chi connectivity index (χ2v) is 8.08. The Bertz CT molecular complexity index is 1090. The Morgan fingerprint density at radius 3 is 2.74 bits per heavy atom. The molecular formula is C24H30N6O4. The molecule has 1 saturated heterocycles. The van der Waals surface area contributed by atoms with E-state index in [2.05, 4.69) is 20.6 Å². The predicted molar refractivity (Wildman–Crippen MR) is 128 cm³/mol. The van der Waals surface area contributed by atoms with Crippen LogP contribution < -0.4 is 20.1 Å². The Balaban J connectivity index is 1.69. The van der Waals surface area contributed by atoms with Gasteiger partial charge < -0.3 is 30.0 Å². The highest BCUT2D eigenvalue weighted by Gasteiger charge is 2.20. The van der Waals surface area contributed by atoms with E-state index in [1.807, 2.05) is 31.2 Å². The minimum atomic E-state index is -0.601. The Kier molecular flexibility index (Phi) is 7.84. The van der Waals surface area contributed by atoms with Crippen LogP contribution in [-0.2, 0) is 4.74 Å². The molecule has 2 unspecified atom stereocenters. The van der Waals surface area contributed by atoms with Crippen molar-refractivity contribution < 1.29 is 19.3 Å². The molecule has 180 valence electrons. The molecule has 0 amide bonds. The number of benzene rings is 1. The first-order valence-electron chi connectivity index (χ1n) is 11.2. The third kappa shape index (κ3) is 5.77. The maximum absolute atomic E-state index is 9.95. The van der Waals surface area contributed by atoms with Crippen molar-refractivity contribution in [3.05, 3.63) is 42.2 Å². The number of rotatable bonds is 10. The zero-order valence-electron chi connectivity index (χ0n) is 19.6. The number of likely N-dealkylation sites (N-methyl/N-ethyl adjacent to an activating group) is 1. The van der Waals surface area contributed by atoms with Gasteiger partial charge in [0.1, 0.15) is 24.3 Å². The monoisotopic (exact) mass is 466 g/mol. The van der Waals surface area contributed by atoms with E-state index in [1.54, 1.807) is 19.4 Å². The average Bonchev–Trinajstić information content (AvgIpc) is 3.38. The number of ether oxygens (including phenoxy) is 3. The molecule has 34 heavy (non-hydrogen) atoms. The number of methoxy groups -OCH3 is 1. The zero-order chi connectivity index (χ0) is 23.9. The Hall–Kier alpha value is -3.34. The van der Waals surface area contributed by atoms with Crippen molar-refractivity contribution in [1.29, 1.82) is 0 Å². The summed E-state index contributed by atoms with van der Waals surface area (Å²) >= 11 is 0. The van der Waals surface area contributed by atoms with Crippen molar-refractivity contribution in [2.45, 2.75) is 25.5 Å². The van der Waals surface area contributed by atoms with Gasteiger partial charge in [0.2, 0.25) is 0 Å². The summed E-state index contributed by atoms with van der Waals surface area (Å²) in [6.45, 7) is 3.98. The Labute approximate surface area is 198 Å². The number of nitrogens with zero attached hydrogens (tertiary/aromatic N) is 4. The first-order chi connectivity index (χ1) is 16.6. The molecule has 0 bridgehead atoms. The van der Waals surface area contributed by atoms with Crippen LogP contribution in [0.5, 0.6) is 11.8 Å². The summed E-state index contributed by atoms with van der Waals surface area (Å²) in [6.07, 6.45) is 3.69. The van der Waals surface area contributed by atoms with Gasteiger partial charge in [-0.05, 0) is 32.5 Å². The zero-order valence-corrected chi connectivity index (χ0v) is 19.6. The average molecular weight is 467 g/mol. The molecule has 3 aromatic rings. The maximum atomic E-state index is 9.95. The minimum Gasteiger partial charge on any atom is -0.491 e. The van der Waals surface area contributed by atoms with Crippen molar-refractivity contribution in [3.63, 3.8) is 0 Å². The molecule has 0 radical (unpaired) electrons. The molecule has 1 fully saturated rings. The van der Waals surface area contributed by atoms with Gasteiger partial charge in [0.15, 0.2) is 5.82 Å². The highest BCUT2D eigenvalue weighted by atomic mass is 16.5. The van der Waals surface area contributed by atoms with Gasteiger partial charge in [-0.3, -0.25) is 0 Å². The highest BCUT2D eigenvalue weighted by molar-refractivity contribution is 5.71. The first kappa shape index (κ1) is 23.8. The fourth-order valence-electron chi connectivity index (χ4n) is 3.66. The molecule has 1 aliphatic rings. The molecule has 10 nitrogen and oxygen atoms in total. The summed E-state index contributed by atoms with van der Waals surface area (Å²) in [5.74, 6) is 1.91. The minimum absolute atomic E-state index is 0.183. The highest BCUT2D eigenvalue weighted by Crippen LogP contribution is 2.31. The number of nitrogens with one attached hydrogen (secondary N) is 2. The van der Waals surface area contributed by atoms with Crippen LogP contribution in [0.4, 0.5) is 5.82 Å². The molecule has 4 rings (SSSR count). The van der Waals surface area contributed by atoms with Gasteiger partial charge in [0, 0.05) is 42.2 Å². The lowest BCUT2D eigenvalue weighted by atomic mass is 10.1. The van der Waals surface area contributed by atoms with E-state index in [4.69, 9.17) is 24.2 Å². The van der Waals surface area contributed by atoms with Crippen molar-refractivity contribution in [3.8, 4) is 34.4 Å². The molecule has 1 aliphatic heterocycles. The largest absolute Gasteiger partial charge is 0.491 e. The molecule has 2 aromatic heterocycles. The summed E-state index contributed by atoms with van der Waals surface area (Å²) in [6, 6.07) is 8.00. The van der Waals surface area contributed by atoms with Crippen LogP contribution in [0.25, 0.3) is 22.6 Å². The molecule has 1 aromatic carbocycles. The molecule has 0 aliphatic carbocycles. The second kappa shape index (κ2) is 11.2. The molecule has 0 spiro atoms. The second-order valence-electron chi connectivity index (χ2n) is 8.08. The number of anilines is 1. The van der Waals surface area contributed by atoms with Crippen LogP contribution >= 0.6 is 0 Å². The summed E-state index contributed by atoms with van der Waals surface area (Å²) < 4.78 is 16.4. The van der Waals surface area contributed by atoms with Crippen LogP contribution in [0.15, 0.2) is 36.7 Å². The molecular weight excluding hydrogens is 436 g/mol. The summed E-state index contributed by atoms with van der Waals surface area (Å²) in [4.78, 5) is 18.2. The number of aromatic nitrogens is 4. The van der Waals surface area contributed by atoms with Gasteiger partial charge in [0.25, 0.3) is 0 Å². The van der Waals surface area contributed by atoms with Crippen molar-refractivity contribution in [1.82, 2.24) is 25.3 Å². The maximum Gasteiger partial charge on any atom is 0.316 e. The SMILES string of the molecule is CNCC(O)COc1cccc(-c2nc(NC3CCOC3)c(C)c(-c3cnc(OC)nc3)n2)c1. The van der Waals surface area contributed by atoms with Crippen molar-refractivity contribution in [2.75, 3.05) is 45.8 Å². The molecule has 3 N–H and O–H groups in total. The molecule has 10 heteroatoms. The van der Waals surface area contributed by atoms with E-state index in [-0.39, 0.29) is 12.6 Å². The topological polar surface area (TPSA) is 124 Å². The normalized spacial score (nSPS) is 16.3. The van der Waals surface area contributed by atoms with Crippen molar-refractivity contribution >= 4 is 5.82 Å². The Morgan fingerprint density at radius 1 is 1.21 bits per heavy atom. The number of hydrogen-bond donors (Lipinski definition) is 3. The van der Waals surface area contributed by atoms with Crippen LogP contribution in [-0.4, -0.2) is 77.7 Å².